The highest BCUT2D eigenvalue weighted by Gasteiger charge is 2.12. The molecule has 0 aliphatic heterocycles. The summed E-state index contributed by atoms with van der Waals surface area (Å²) in [5.74, 6) is 4.97. The van der Waals surface area contributed by atoms with Gasteiger partial charge in [-0.15, -0.1) is 11.3 Å². The molecule has 1 N–H and O–H groups in total. The zero-order valence-electron chi connectivity index (χ0n) is 12.7. The van der Waals surface area contributed by atoms with Crippen LogP contribution >= 0.6 is 11.3 Å². The highest BCUT2D eigenvalue weighted by molar-refractivity contribution is 7.09. The predicted molar refractivity (Wildman–Crippen MR) is 91.4 cm³/mol. The number of nitrogens with one attached hydrogen (secondary N) is 1. The number of carbonyl (C=O) groups excluding carboxylic acids is 1. The van der Waals surface area contributed by atoms with Gasteiger partial charge < -0.3 is 5.32 Å². The molecule has 0 fully saturated rings. The Morgan fingerprint density at radius 3 is 2.83 bits per heavy atom. The average Bonchev–Trinajstić information content (AvgIpc) is 3.00. The molecule has 0 saturated carbocycles. The monoisotopic (exact) mass is 337 g/mol. The summed E-state index contributed by atoms with van der Waals surface area (Å²) < 4.78 is 13.9. The molecular formula is C18H12FN3OS. The Bertz CT molecular complexity index is 942. The fourth-order valence-electron chi connectivity index (χ4n) is 1.95. The topological polar surface area (TPSA) is 54.9 Å². The van der Waals surface area contributed by atoms with E-state index in [4.69, 9.17) is 0 Å². The van der Waals surface area contributed by atoms with E-state index >= 15 is 0 Å². The van der Waals surface area contributed by atoms with Gasteiger partial charge in [-0.1, -0.05) is 12.0 Å². The van der Waals surface area contributed by atoms with Gasteiger partial charge in [0.05, 0.1) is 10.6 Å². The maximum Gasteiger partial charge on any atom is 0.259 e. The number of rotatable bonds is 2. The number of aromatic nitrogens is 2. The minimum Gasteiger partial charge on any atom is -0.306 e. The molecule has 4 nitrogen and oxygen atoms in total. The van der Waals surface area contributed by atoms with Crippen LogP contribution in [0, 0.1) is 24.6 Å². The van der Waals surface area contributed by atoms with Gasteiger partial charge in [0.25, 0.3) is 5.91 Å². The number of aryl methyl sites for hydroxylation is 1. The van der Waals surface area contributed by atoms with Gasteiger partial charge in [-0.3, -0.25) is 4.79 Å². The standard InChI is InChI=1S/C18H12FN3OS/c1-12-21-14(11-24-12)7-5-13-6-8-16(19)15(10-13)18(23)22-17-4-2-3-9-20-17/h2-4,6,8-11H,1H3,(H,20,22,23). The summed E-state index contributed by atoms with van der Waals surface area (Å²) in [5.41, 5.74) is 1.11. The van der Waals surface area contributed by atoms with Crippen LogP contribution in [-0.2, 0) is 0 Å². The summed E-state index contributed by atoms with van der Waals surface area (Å²) in [6.45, 7) is 1.90. The van der Waals surface area contributed by atoms with Crippen molar-refractivity contribution in [2.75, 3.05) is 5.32 Å². The summed E-state index contributed by atoms with van der Waals surface area (Å²) in [5, 5.41) is 5.33. The van der Waals surface area contributed by atoms with E-state index in [1.807, 2.05) is 12.3 Å². The number of halogens is 1. The third-order valence-corrected chi connectivity index (χ3v) is 3.84. The van der Waals surface area contributed by atoms with E-state index in [-0.39, 0.29) is 5.56 Å². The number of pyridine rings is 1. The molecular weight excluding hydrogens is 325 g/mol. The summed E-state index contributed by atoms with van der Waals surface area (Å²) in [7, 11) is 0. The first-order chi connectivity index (χ1) is 11.6. The minimum absolute atomic E-state index is 0.0816. The largest absolute Gasteiger partial charge is 0.306 e. The van der Waals surface area contributed by atoms with Gasteiger partial charge in [-0.25, -0.2) is 14.4 Å². The Hall–Kier alpha value is -3.04. The van der Waals surface area contributed by atoms with Crippen LogP contribution in [0.4, 0.5) is 10.2 Å². The molecule has 2 heterocycles. The molecule has 24 heavy (non-hydrogen) atoms. The van der Waals surface area contributed by atoms with Crippen molar-refractivity contribution >= 4 is 23.1 Å². The second-order valence-corrected chi connectivity index (χ2v) is 5.93. The van der Waals surface area contributed by atoms with Crippen molar-refractivity contribution < 1.29 is 9.18 Å². The molecule has 0 unspecified atom stereocenters. The normalized spacial score (nSPS) is 9.92. The first-order valence-electron chi connectivity index (χ1n) is 7.08. The van der Waals surface area contributed by atoms with Crippen molar-refractivity contribution in [2.24, 2.45) is 0 Å². The van der Waals surface area contributed by atoms with E-state index in [1.54, 1.807) is 24.4 Å². The van der Waals surface area contributed by atoms with Crippen LogP contribution in [0.2, 0.25) is 0 Å². The zero-order chi connectivity index (χ0) is 16.9. The maximum absolute atomic E-state index is 13.9. The van der Waals surface area contributed by atoms with Crippen molar-refractivity contribution in [2.45, 2.75) is 6.92 Å². The molecule has 1 amide bonds. The van der Waals surface area contributed by atoms with E-state index in [0.717, 1.165) is 5.01 Å². The molecule has 118 valence electrons. The first-order valence-corrected chi connectivity index (χ1v) is 7.96. The summed E-state index contributed by atoms with van der Waals surface area (Å²) in [4.78, 5) is 20.4. The molecule has 6 heteroatoms. The lowest BCUT2D eigenvalue weighted by Crippen LogP contribution is -2.14. The first kappa shape index (κ1) is 15.8. The lowest BCUT2D eigenvalue weighted by atomic mass is 10.1. The summed E-state index contributed by atoms with van der Waals surface area (Å²) >= 11 is 1.51. The number of benzene rings is 1. The SMILES string of the molecule is Cc1nc(C#Cc2ccc(F)c(C(=O)Nc3ccccn3)c2)cs1. The highest BCUT2D eigenvalue weighted by Crippen LogP contribution is 2.13. The van der Waals surface area contributed by atoms with Crippen LogP contribution in [0.15, 0.2) is 48.0 Å². The van der Waals surface area contributed by atoms with Crippen LogP contribution in [0.3, 0.4) is 0 Å². The second kappa shape index (κ2) is 7.02. The van der Waals surface area contributed by atoms with E-state index in [2.05, 4.69) is 27.1 Å². The van der Waals surface area contributed by atoms with Gasteiger partial charge in [-0.05, 0) is 43.2 Å². The minimum atomic E-state index is -0.613. The molecule has 2 aromatic heterocycles. The Balaban J connectivity index is 1.84. The van der Waals surface area contributed by atoms with Gasteiger partial charge >= 0.3 is 0 Å². The van der Waals surface area contributed by atoms with Gasteiger partial charge in [-0.2, -0.15) is 0 Å². The lowest BCUT2D eigenvalue weighted by Gasteiger charge is -2.05. The fourth-order valence-corrected chi connectivity index (χ4v) is 2.50. The maximum atomic E-state index is 13.9. The third kappa shape index (κ3) is 3.83. The van der Waals surface area contributed by atoms with Crippen molar-refractivity contribution in [1.29, 1.82) is 0 Å². The van der Waals surface area contributed by atoms with E-state index in [0.29, 0.717) is 17.1 Å². The van der Waals surface area contributed by atoms with Crippen molar-refractivity contribution in [3.05, 3.63) is 75.6 Å². The number of hydrogen-bond donors (Lipinski definition) is 1. The van der Waals surface area contributed by atoms with Crippen LogP contribution in [-0.4, -0.2) is 15.9 Å². The highest BCUT2D eigenvalue weighted by atomic mass is 32.1. The molecule has 3 aromatic rings. The Morgan fingerprint density at radius 1 is 1.25 bits per heavy atom. The number of carbonyl (C=O) groups is 1. The molecule has 0 radical (unpaired) electrons. The van der Waals surface area contributed by atoms with Gasteiger partial charge in [0, 0.05) is 17.1 Å². The average molecular weight is 337 g/mol. The van der Waals surface area contributed by atoms with Gasteiger partial charge in [0.2, 0.25) is 0 Å². The van der Waals surface area contributed by atoms with Gasteiger partial charge in [0.15, 0.2) is 0 Å². The zero-order valence-corrected chi connectivity index (χ0v) is 13.5. The number of thiazole rings is 1. The van der Waals surface area contributed by atoms with Crippen LogP contribution in [0.5, 0.6) is 0 Å². The van der Waals surface area contributed by atoms with E-state index in [9.17, 15) is 9.18 Å². The smallest absolute Gasteiger partial charge is 0.259 e. The second-order valence-electron chi connectivity index (χ2n) is 4.87. The van der Waals surface area contributed by atoms with Crippen molar-refractivity contribution in [3.8, 4) is 11.8 Å². The molecule has 3 rings (SSSR count). The van der Waals surface area contributed by atoms with Gasteiger partial charge in [0.1, 0.15) is 17.3 Å². The molecule has 0 atom stereocenters. The number of hydrogen-bond acceptors (Lipinski definition) is 4. The molecule has 0 spiro atoms. The third-order valence-electron chi connectivity index (χ3n) is 3.07. The van der Waals surface area contributed by atoms with E-state index < -0.39 is 11.7 Å². The molecule has 0 aliphatic rings. The number of nitrogens with zero attached hydrogens (tertiary/aromatic N) is 2. The fraction of sp³-hybridized carbons (Fsp3) is 0.0556. The number of amides is 1. The summed E-state index contributed by atoms with van der Waals surface area (Å²) in [6.07, 6.45) is 1.55. The number of anilines is 1. The van der Waals surface area contributed by atoms with Crippen molar-refractivity contribution in [3.63, 3.8) is 0 Å². The van der Waals surface area contributed by atoms with Crippen LogP contribution < -0.4 is 5.32 Å². The van der Waals surface area contributed by atoms with Crippen LogP contribution in [0.25, 0.3) is 0 Å². The Morgan fingerprint density at radius 2 is 2.12 bits per heavy atom. The molecule has 0 bridgehead atoms. The summed E-state index contributed by atoms with van der Waals surface area (Å²) in [6, 6.07) is 9.26. The molecule has 1 aromatic carbocycles. The quantitative estimate of drug-likeness (QED) is 0.727. The predicted octanol–water partition coefficient (Wildman–Crippen LogP) is 3.64. The molecule has 0 aliphatic carbocycles. The molecule has 0 saturated heterocycles. The van der Waals surface area contributed by atoms with E-state index in [1.165, 1.54) is 29.5 Å². The Labute approximate surface area is 142 Å². The lowest BCUT2D eigenvalue weighted by molar-refractivity contribution is 0.102. The van der Waals surface area contributed by atoms with Crippen molar-refractivity contribution in [1.82, 2.24) is 9.97 Å². The van der Waals surface area contributed by atoms with Crippen LogP contribution in [0.1, 0.15) is 26.6 Å². The Kier molecular flexibility index (Phi) is 4.64.